The fourth-order valence-electron chi connectivity index (χ4n) is 2.90. The third-order valence-electron chi connectivity index (χ3n) is 4.94. The van der Waals surface area contributed by atoms with Crippen molar-refractivity contribution in [2.45, 2.75) is 51.8 Å². The highest BCUT2D eigenvalue weighted by Gasteiger charge is 2.37. The number of rotatable bonds is 6. The van der Waals surface area contributed by atoms with Gasteiger partial charge in [0.25, 0.3) is 0 Å². The number of fused-ring (bicyclic) bond motifs is 1. The molecule has 0 radical (unpaired) electrons. The summed E-state index contributed by atoms with van der Waals surface area (Å²) in [6, 6.07) is 6.92. The average Bonchev–Trinajstić information content (AvgIpc) is 2.63. The Morgan fingerprint density at radius 3 is 2.50 bits per heavy atom. The summed E-state index contributed by atoms with van der Waals surface area (Å²) in [5, 5.41) is 21.3. The van der Waals surface area contributed by atoms with Crippen LogP contribution >= 0.6 is 0 Å². The van der Waals surface area contributed by atoms with Gasteiger partial charge in [0.15, 0.2) is 5.60 Å². The van der Waals surface area contributed by atoms with Crippen LogP contribution in [-0.2, 0) is 27.3 Å². The van der Waals surface area contributed by atoms with Crippen LogP contribution in [-0.4, -0.2) is 51.1 Å². The molecule has 0 saturated carbocycles. The van der Waals surface area contributed by atoms with Crippen LogP contribution in [0.1, 0.15) is 38.3 Å². The van der Waals surface area contributed by atoms with Gasteiger partial charge in [-0.25, -0.2) is 4.79 Å². The molecule has 0 spiro atoms. The van der Waals surface area contributed by atoms with E-state index in [4.69, 9.17) is 5.11 Å². The van der Waals surface area contributed by atoms with Gasteiger partial charge >= 0.3 is 5.97 Å². The molecule has 26 heavy (non-hydrogen) atoms. The van der Waals surface area contributed by atoms with Crippen LogP contribution in [0.3, 0.4) is 0 Å². The Kier molecular flexibility index (Phi) is 6.02. The minimum Gasteiger partial charge on any atom is -0.479 e. The summed E-state index contributed by atoms with van der Waals surface area (Å²) in [6.45, 7) is 4.78. The van der Waals surface area contributed by atoms with Crippen LogP contribution in [0, 0.1) is 5.92 Å². The first-order chi connectivity index (χ1) is 12.2. The minimum absolute atomic E-state index is 0.104. The summed E-state index contributed by atoms with van der Waals surface area (Å²) < 4.78 is 0. The van der Waals surface area contributed by atoms with E-state index < -0.39 is 30.1 Å². The van der Waals surface area contributed by atoms with Gasteiger partial charge in [-0.15, -0.1) is 0 Å². The lowest BCUT2D eigenvalue weighted by Gasteiger charge is -2.37. The Labute approximate surface area is 153 Å². The minimum atomic E-state index is -2.06. The number of hydrogen-bond donors (Lipinski definition) is 3. The molecule has 3 unspecified atom stereocenters. The lowest BCUT2D eigenvalue weighted by atomic mass is 9.91. The lowest BCUT2D eigenvalue weighted by molar-refractivity contribution is -0.157. The standard InChI is InChI=1S/C19H26N2O5/c1-4-12(2)17(23)21-10-14-8-6-5-7-13(14)9-15(21)16(22)20-11-19(3,26)18(24)25/h5-8,12,15,26H,4,9-11H2,1-3H3,(H,20,22)(H,24,25). The number of amides is 2. The second-order valence-electron chi connectivity index (χ2n) is 7.06. The van der Waals surface area contributed by atoms with Gasteiger partial charge in [0, 0.05) is 18.9 Å². The fraction of sp³-hybridized carbons (Fsp3) is 0.526. The molecule has 3 atom stereocenters. The van der Waals surface area contributed by atoms with Crippen molar-refractivity contribution in [3.63, 3.8) is 0 Å². The monoisotopic (exact) mass is 362 g/mol. The predicted molar refractivity (Wildman–Crippen MR) is 95.2 cm³/mol. The number of nitrogens with one attached hydrogen (secondary N) is 1. The van der Waals surface area contributed by atoms with E-state index in [-0.39, 0.29) is 11.8 Å². The van der Waals surface area contributed by atoms with Gasteiger partial charge in [0.05, 0.1) is 6.54 Å². The van der Waals surface area contributed by atoms with Crippen molar-refractivity contribution in [3.05, 3.63) is 35.4 Å². The van der Waals surface area contributed by atoms with Crippen molar-refractivity contribution in [1.29, 1.82) is 0 Å². The van der Waals surface area contributed by atoms with E-state index in [0.29, 0.717) is 19.4 Å². The van der Waals surface area contributed by atoms with Crippen LogP contribution < -0.4 is 5.32 Å². The third-order valence-corrected chi connectivity index (χ3v) is 4.94. The van der Waals surface area contributed by atoms with Gasteiger partial charge in [-0.05, 0) is 24.5 Å². The molecule has 142 valence electrons. The molecule has 1 heterocycles. The Morgan fingerprint density at radius 2 is 1.92 bits per heavy atom. The molecule has 7 nitrogen and oxygen atoms in total. The maximum absolute atomic E-state index is 12.8. The van der Waals surface area contributed by atoms with Gasteiger partial charge in [-0.2, -0.15) is 0 Å². The highest BCUT2D eigenvalue weighted by Crippen LogP contribution is 2.25. The molecule has 0 aromatic heterocycles. The first kappa shape index (κ1) is 19.9. The zero-order chi connectivity index (χ0) is 19.5. The summed E-state index contributed by atoms with van der Waals surface area (Å²) in [4.78, 5) is 38.0. The first-order valence-electron chi connectivity index (χ1n) is 8.78. The number of hydrogen-bond acceptors (Lipinski definition) is 4. The molecular formula is C19H26N2O5. The third kappa shape index (κ3) is 4.22. The maximum Gasteiger partial charge on any atom is 0.337 e. The predicted octanol–water partition coefficient (Wildman–Crippen LogP) is 0.938. The van der Waals surface area contributed by atoms with Crippen LogP contribution in [0.25, 0.3) is 0 Å². The van der Waals surface area contributed by atoms with E-state index >= 15 is 0 Å². The van der Waals surface area contributed by atoms with Crippen LogP contribution in [0.15, 0.2) is 24.3 Å². The number of carboxylic acid groups (broad SMARTS) is 1. The average molecular weight is 362 g/mol. The summed E-state index contributed by atoms with van der Waals surface area (Å²) in [6.07, 6.45) is 1.03. The molecule has 0 fully saturated rings. The lowest BCUT2D eigenvalue weighted by Crippen LogP contribution is -2.56. The molecule has 0 saturated heterocycles. The number of carbonyl (C=O) groups is 3. The van der Waals surface area contributed by atoms with Gasteiger partial charge in [-0.3, -0.25) is 9.59 Å². The maximum atomic E-state index is 12.8. The molecule has 2 rings (SSSR count). The highest BCUT2D eigenvalue weighted by molar-refractivity contribution is 5.89. The largest absolute Gasteiger partial charge is 0.479 e. The molecule has 0 aliphatic carbocycles. The van der Waals surface area contributed by atoms with Crippen LogP contribution in [0.4, 0.5) is 0 Å². The zero-order valence-corrected chi connectivity index (χ0v) is 15.4. The quantitative estimate of drug-likeness (QED) is 0.698. The molecule has 2 amide bonds. The number of benzene rings is 1. The Morgan fingerprint density at radius 1 is 1.31 bits per heavy atom. The van der Waals surface area contributed by atoms with Gasteiger partial charge in [0.1, 0.15) is 6.04 Å². The molecule has 7 heteroatoms. The highest BCUT2D eigenvalue weighted by atomic mass is 16.4. The summed E-state index contributed by atoms with van der Waals surface area (Å²) in [5.41, 5.74) is -0.0649. The van der Waals surface area contributed by atoms with Crippen molar-refractivity contribution in [3.8, 4) is 0 Å². The number of nitrogens with zero attached hydrogens (tertiary/aromatic N) is 1. The Hall–Kier alpha value is -2.41. The van der Waals surface area contributed by atoms with Crippen molar-refractivity contribution >= 4 is 17.8 Å². The molecule has 1 aromatic rings. The SMILES string of the molecule is CCC(C)C(=O)N1Cc2ccccc2CC1C(=O)NCC(C)(O)C(=O)O. The van der Waals surface area contributed by atoms with Crippen LogP contribution in [0.2, 0.25) is 0 Å². The van der Waals surface area contributed by atoms with E-state index in [9.17, 15) is 19.5 Å². The van der Waals surface area contributed by atoms with E-state index in [1.54, 1.807) is 4.90 Å². The molecule has 1 aromatic carbocycles. The van der Waals surface area contributed by atoms with Crippen molar-refractivity contribution in [1.82, 2.24) is 10.2 Å². The van der Waals surface area contributed by atoms with Crippen molar-refractivity contribution < 1.29 is 24.6 Å². The number of carboxylic acids is 1. The smallest absolute Gasteiger partial charge is 0.337 e. The van der Waals surface area contributed by atoms with Crippen LogP contribution in [0.5, 0.6) is 0 Å². The van der Waals surface area contributed by atoms with E-state index in [1.165, 1.54) is 0 Å². The van der Waals surface area contributed by atoms with E-state index in [2.05, 4.69) is 5.32 Å². The summed E-state index contributed by atoms with van der Waals surface area (Å²) in [5.74, 6) is -2.19. The molecular weight excluding hydrogens is 336 g/mol. The Balaban J connectivity index is 2.22. The van der Waals surface area contributed by atoms with Crippen molar-refractivity contribution in [2.24, 2.45) is 5.92 Å². The van der Waals surface area contributed by atoms with E-state index in [1.807, 2.05) is 38.1 Å². The number of aliphatic carboxylic acids is 1. The zero-order valence-electron chi connectivity index (χ0n) is 15.4. The normalized spacial score (nSPS) is 19.8. The molecule has 1 aliphatic rings. The summed E-state index contributed by atoms with van der Waals surface area (Å²) in [7, 11) is 0. The first-order valence-corrected chi connectivity index (χ1v) is 8.78. The van der Waals surface area contributed by atoms with Gasteiger partial charge < -0.3 is 20.4 Å². The van der Waals surface area contributed by atoms with E-state index in [0.717, 1.165) is 18.1 Å². The molecule has 3 N–H and O–H groups in total. The summed E-state index contributed by atoms with van der Waals surface area (Å²) >= 11 is 0. The molecule has 0 bridgehead atoms. The molecule has 1 aliphatic heterocycles. The second-order valence-corrected chi connectivity index (χ2v) is 7.06. The van der Waals surface area contributed by atoms with Gasteiger partial charge in [0.2, 0.25) is 11.8 Å². The van der Waals surface area contributed by atoms with Gasteiger partial charge in [-0.1, -0.05) is 38.1 Å². The second kappa shape index (κ2) is 7.86. The topological polar surface area (TPSA) is 107 Å². The fourth-order valence-corrected chi connectivity index (χ4v) is 2.90. The number of aliphatic hydroxyl groups is 1. The number of carbonyl (C=O) groups excluding carboxylic acids is 2. The Bertz CT molecular complexity index is 701. The van der Waals surface area contributed by atoms with Crippen molar-refractivity contribution in [2.75, 3.05) is 6.54 Å².